The molecular weight excluding hydrogens is 140 g/mol. The van der Waals surface area contributed by atoms with E-state index in [9.17, 15) is 5.11 Å². The molecule has 0 aromatic heterocycles. The molecule has 0 heterocycles. The monoisotopic (exact) mass is 160 g/mol. The van der Waals surface area contributed by atoms with Crippen LogP contribution in [-0.4, -0.2) is 23.9 Å². The van der Waals surface area contributed by atoms with Crippen molar-refractivity contribution in [3.8, 4) is 0 Å². The number of unbranched alkanes of at least 4 members (excludes halogenated alkanes) is 1. The van der Waals surface area contributed by atoms with Gasteiger partial charge in [-0.15, -0.1) is 0 Å². The highest BCUT2D eigenvalue weighted by atomic mass is 16.5. The second-order valence-corrected chi connectivity index (χ2v) is 2.91. The molecule has 0 fully saturated rings. The molecule has 0 aliphatic heterocycles. The molecule has 0 rings (SSSR count). The number of hydrogen-bond donors (Lipinski definition) is 1. The van der Waals surface area contributed by atoms with Crippen LogP contribution >= 0.6 is 0 Å². The smallest absolute Gasteiger partial charge is 0.0828 e. The predicted molar refractivity (Wildman–Crippen MR) is 46.6 cm³/mol. The zero-order valence-electron chi connectivity index (χ0n) is 7.84. The molecule has 2 heteroatoms. The fourth-order valence-corrected chi connectivity index (χ4v) is 0.977. The molecule has 1 N–H and O–H groups in total. The van der Waals surface area contributed by atoms with Gasteiger partial charge in [0.2, 0.25) is 0 Å². The SMILES string of the molecule is CCCCOC(CC)C(C)O. The van der Waals surface area contributed by atoms with Gasteiger partial charge in [0.15, 0.2) is 0 Å². The summed E-state index contributed by atoms with van der Waals surface area (Å²) >= 11 is 0. The van der Waals surface area contributed by atoms with E-state index in [4.69, 9.17) is 4.74 Å². The van der Waals surface area contributed by atoms with Crippen molar-refractivity contribution in [2.24, 2.45) is 0 Å². The van der Waals surface area contributed by atoms with Gasteiger partial charge in [0.25, 0.3) is 0 Å². The van der Waals surface area contributed by atoms with Crippen molar-refractivity contribution < 1.29 is 9.84 Å². The average molecular weight is 160 g/mol. The first kappa shape index (κ1) is 10.9. The van der Waals surface area contributed by atoms with E-state index in [2.05, 4.69) is 6.92 Å². The maximum Gasteiger partial charge on any atom is 0.0828 e. The normalized spacial score (nSPS) is 16.4. The van der Waals surface area contributed by atoms with Gasteiger partial charge in [-0.1, -0.05) is 20.3 Å². The van der Waals surface area contributed by atoms with Crippen LogP contribution in [0.4, 0.5) is 0 Å². The Morgan fingerprint density at radius 2 is 2.00 bits per heavy atom. The maximum absolute atomic E-state index is 9.19. The molecule has 68 valence electrons. The summed E-state index contributed by atoms with van der Waals surface area (Å²) in [4.78, 5) is 0. The number of hydrogen-bond acceptors (Lipinski definition) is 2. The average Bonchev–Trinajstić information content (AvgIpc) is 1.97. The Kier molecular flexibility index (Phi) is 6.57. The summed E-state index contributed by atoms with van der Waals surface area (Å²) in [6.45, 7) is 6.72. The minimum atomic E-state index is -0.336. The Labute approximate surface area is 69.6 Å². The Morgan fingerprint density at radius 1 is 1.36 bits per heavy atom. The molecule has 2 unspecified atom stereocenters. The number of ether oxygens (including phenoxy) is 1. The summed E-state index contributed by atoms with van der Waals surface area (Å²) in [6, 6.07) is 0. The van der Waals surface area contributed by atoms with Crippen LogP contribution in [0, 0.1) is 0 Å². The third-order valence-corrected chi connectivity index (χ3v) is 1.77. The molecular formula is C9H20O2. The lowest BCUT2D eigenvalue weighted by molar-refractivity contribution is -0.0317. The summed E-state index contributed by atoms with van der Waals surface area (Å²) in [5.74, 6) is 0. The van der Waals surface area contributed by atoms with Crippen LogP contribution in [0.15, 0.2) is 0 Å². The molecule has 0 aromatic rings. The molecule has 0 aliphatic rings. The van der Waals surface area contributed by atoms with E-state index in [0.717, 1.165) is 25.9 Å². The lowest BCUT2D eigenvalue weighted by Crippen LogP contribution is -2.25. The quantitative estimate of drug-likeness (QED) is 0.602. The van der Waals surface area contributed by atoms with E-state index in [1.807, 2.05) is 6.92 Å². The topological polar surface area (TPSA) is 29.5 Å². The van der Waals surface area contributed by atoms with Crippen LogP contribution in [0.5, 0.6) is 0 Å². The minimum Gasteiger partial charge on any atom is -0.391 e. The second-order valence-electron chi connectivity index (χ2n) is 2.91. The number of aliphatic hydroxyl groups excluding tert-OH is 1. The lowest BCUT2D eigenvalue weighted by atomic mass is 10.2. The second kappa shape index (κ2) is 6.62. The van der Waals surface area contributed by atoms with Crippen LogP contribution in [-0.2, 0) is 4.74 Å². The van der Waals surface area contributed by atoms with Crippen molar-refractivity contribution in [3.63, 3.8) is 0 Å². The maximum atomic E-state index is 9.19. The van der Waals surface area contributed by atoms with Gasteiger partial charge >= 0.3 is 0 Å². The zero-order chi connectivity index (χ0) is 8.69. The van der Waals surface area contributed by atoms with Crippen LogP contribution < -0.4 is 0 Å². The van der Waals surface area contributed by atoms with Gasteiger partial charge in [0, 0.05) is 6.61 Å². The van der Waals surface area contributed by atoms with Gasteiger partial charge < -0.3 is 9.84 Å². The van der Waals surface area contributed by atoms with Crippen LogP contribution in [0.3, 0.4) is 0 Å². The zero-order valence-corrected chi connectivity index (χ0v) is 7.84. The standard InChI is InChI=1S/C9H20O2/c1-4-6-7-11-9(5-2)8(3)10/h8-10H,4-7H2,1-3H3. The summed E-state index contributed by atoms with van der Waals surface area (Å²) in [6.07, 6.45) is 2.82. The predicted octanol–water partition coefficient (Wildman–Crippen LogP) is 1.96. The van der Waals surface area contributed by atoms with E-state index >= 15 is 0 Å². The molecule has 0 aromatic carbocycles. The van der Waals surface area contributed by atoms with Crippen LogP contribution in [0.1, 0.15) is 40.0 Å². The minimum absolute atomic E-state index is 0.0292. The van der Waals surface area contributed by atoms with Crippen molar-refractivity contribution in [3.05, 3.63) is 0 Å². The summed E-state index contributed by atoms with van der Waals surface area (Å²) in [5, 5.41) is 9.19. The van der Waals surface area contributed by atoms with Crippen molar-refractivity contribution >= 4 is 0 Å². The number of aliphatic hydroxyl groups is 1. The Hall–Kier alpha value is -0.0800. The van der Waals surface area contributed by atoms with E-state index < -0.39 is 0 Å². The van der Waals surface area contributed by atoms with Gasteiger partial charge in [-0.3, -0.25) is 0 Å². The molecule has 0 saturated heterocycles. The van der Waals surface area contributed by atoms with Crippen molar-refractivity contribution in [2.75, 3.05) is 6.61 Å². The fraction of sp³-hybridized carbons (Fsp3) is 1.00. The van der Waals surface area contributed by atoms with Crippen molar-refractivity contribution in [1.82, 2.24) is 0 Å². The van der Waals surface area contributed by atoms with Crippen LogP contribution in [0.25, 0.3) is 0 Å². The lowest BCUT2D eigenvalue weighted by Gasteiger charge is -2.18. The molecule has 0 amide bonds. The highest BCUT2D eigenvalue weighted by Gasteiger charge is 2.11. The highest BCUT2D eigenvalue weighted by molar-refractivity contribution is 4.61. The van der Waals surface area contributed by atoms with Gasteiger partial charge in [-0.05, 0) is 19.8 Å². The largest absolute Gasteiger partial charge is 0.391 e. The van der Waals surface area contributed by atoms with Crippen molar-refractivity contribution in [1.29, 1.82) is 0 Å². The summed E-state index contributed by atoms with van der Waals surface area (Å²) in [5.41, 5.74) is 0. The Bertz CT molecular complexity index is 81.6. The van der Waals surface area contributed by atoms with E-state index in [1.54, 1.807) is 6.92 Å². The first-order valence-corrected chi connectivity index (χ1v) is 4.52. The third-order valence-electron chi connectivity index (χ3n) is 1.77. The van der Waals surface area contributed by atoms with Gasteiger partial charge in [-0.25, -0.2) is 0 Å². The van der Waals surface area contributed by atoms with Gasteiger partial charge in [0.05, 0.1) is 12.2 Å². The van der Waals surface area contributed by atoms with Gasteiger partial charge in [-0.2, -0.15) is 0 Å². The van der Waals surface area contributed by atoms with E-state index in [0.29, 0.717) is 0 Å². The fourth-order valence-electron chi connectivity index (χ4n) is 0.977. The van der Waals surface area contributed by atoms with Gasteiger partial charge in [0.1, 0.15) is 0 Å². The molecule has 2 nitrogen and oxygen atoms in total. The molecule has 0 radical (unpaired) electrons. The Balaban J connectivity index is 3.36. The third kappa shape index (κ3) is 5.22. The molecule has 11 heavy (non-hydrogen) atoms. The summed E-state index contributed by atoms with van der Waals surface area (Å²) < 4.78 is 5.44. The Morgan fingerprint density at radius 3 is 2.36 bits per heavy atom. The molecule has 0 saturated carbocycles. The van der Waals surface area contributed by atoms with E-state index in [1.165, 1.54) is 0 Å². The van der Waals surface area contributed by atoms with Crippen molar-refractivity contribution in [2.45, 2.75) is 52.2 Å². The van der Waals surface area contributed by atoms with E-state index in [-0.39, 0.29) is 12.2 Å². The van der Waals surface area contributed by atoms with Crippen LogP contribution in [0.2, 0.25) is 0 Å². The molecule has 0 aliphatic carbocycles. The molecule has 0 bridgehead atoms. The molecule has 0 spiro atoms. The number of rotatable bonds is 6. The first-order chi connectivity index (χ1) is 5.22. The highest BCUT2D eigenvalue weighted by Crippen LogP contribution is 2.04. The summed E-state index contributed by atoms with van der Waals surface area (Å²) in [7, 11) is 0. The molecule has 2 atom stereocenters. The first-order valence-electron chi connectivity index (χ1n) is 4.52.